The fourth-order valence-electron chi connectivity index (χ4n) is 4.22. The summed E-state index contributed by atoms with van der Waals surface area (Å²) < 4.78 is 8.23. The Morgan fingerprint density at radius 3 is 2.68 bits per heavy atom. The molecule has 0 aliphatic carbocycles. The van der Waals surface area contributed by atoms with E-state index in [2.05, 4.69) is 58.5 Å². The first-order valence-electron chi connectivity index (χ1n) is 9.25. The van der Waals surface area contributed by atoms with Gasteiger partial charge >= 0.3 is 0 Å². The lowest BCUT2D eigenvalue weighted by Crippen LogP contribution is -2.44. The summed E-state index contributed by atoms with van der Waals surface area (Å²) in [4.78, 5) is 4.91. The highest BCUT2D eigenvalue weighted by Crippen LogP contribution is 2.38. The molecule has 1 spiro atoms. The van der Waals surface area contributed by atoms with Gasteiger partial charge in [-0.2, -0.15) is 5.10 Å². The molecule has 1 unspecified atom stereocenters. The van der Waals surface area contributed by atoms with Gasteiger partial charge in [-0.15, -0.1) is 0 Å². The van der Waals surface area contributed by atoms with Crippen molar-refractivity contribution in [3.8, 4) is 0 Å². The first-order valence-corrected chi connectivity index (χ1v) is 9.25. The third-order valence-electron chi connectivity index (χ3n) is 5.83. The normalized spacial score (nSPS) is 23.2. The average Bonchev–Trinajstić information content (AvgIpc) is 3.24. The highest BCUT2D eigenvalue weighted by Gasteiger charge is 2.43. The predicted octanol–water partition coefficient (Wildman–Crippen LogP) is 2.68. The van der Waals surface area contributed by atoms with Gasteiger partial charge in [-0.1, -0.05) is 18.2 Å². The van der Waals surface area contributed by atoms with E-state index < -0.39 is 0 Å². The first-order chi connectivity index (χ1) is 12.1. The summed E-state index contributed by atoms with van der Waals surface area (Å²) in [5, 5.41) is 4.27. The number of rotatable bonds is 4. The second-order valence-corrected chi connectivity index (χ2v) is 7.60. The minimum atomic E-state index is 0.0825. The lowest BCUT2D eigenvalue weighted by atomic mass is 9.87. The fraction of sp³-hybridized carbons (Fsp3) is 0.550. The Kier molecular flexibility index (Phi) is 4.52. The predicted molar refractivity (Wildman–Crippen MR) is 99.7 cm³/mol. The van der Waals surface area contributed by atoms with E-state index in [1.807, 2.05) is 17.9 Å². The molecule has 2 aliphatic rings. The Morgan fingerprint density at radius 2 is 2.00 bits per heavy atom. The van der Waals surface area contributed by atoms with Gasteiger partial charge in [0.25, 0.3) is 0 Å². The number of para-hydroxylation sites is 1. The smallest absolute Gasteiger partial charge is 0.0728 e. The van der Waals surface area contributed by atoms with Gasteiger partial charge in [-0.05, 0) is 31.4 Å². The van der Waals surface area contributed by atoms with Crippen LogP contribution in [0.3, 0.4) is 0 Å². The maximum absolute atomic E-state index is 6.35. The van der Waals surface area contributed by atoms with Gasteiger partial charge in [0.1, 0.15) is 0 Å². The topological polar surface area (TPSA) is 33.5 Å². The Hall–Kier alpha value is -1.85. The number of hydrogen-bond donors (Lipinski definition) is 0. The van der Waals surface area contributed by atoms with Crippen molar-refractivity contribution in [2.24, 2.45) is 7.05 Å². The standard InChI is InChI=1S/C20H28N4O/c1-22-14-17(13-21-22)15-24-10-8-20(9-11-24)12-19(16-25-20)23(2)18-6-4-3-5-7-18/h3-7,13-14,19H,8-12,15-16H2,1-2H3. The number of aryl methyl sites for hydroxylation is 1. The molecule has 0 N–H and O–H groups in total. The molecule has 0 radical (unpaired) electrons. The van der Waals surface area contributed by atoms with Crippen molar-refractivity contribution >= 4 is 5.69 Å². The molecule has 25 heavy (non-hydrogen) atoms. The molecule has 3 heterocycles. The number of anilines is 1. The monoisotopic (exact) mass is 340 g/mol. The van der Waals surface area contributed by atoms with Gasteiger partial charge in [0, 0.05) is 51.2 Å². The van der Waals surface area contributed by atoms with Crippen molar-refractivity contribution in [1.29, 1.82) is 0 Å². The first kappa shape index (κ1) is 16.6. The molecule has 2 aromatic rings. The highest BCUT2D eigenvalue weighted by molar-refractivity contribution is 5.46. The van der Waals surface area contributed by atoms with E-state index in [-0.39, 0.29) is 5.60 Å². The van der Waals surface area contributed by atoms with Crippen LogP contribution < -0.4 is 4.90 Å². The van der Waals surface area contributed by atoms with E-state index in [1.54, 1.807) is 0 Å². The largest absolute Gasteiger partial charge is 0.373 e. The number of likely N-dealkylation sites (N-methyl/N-ethyl adjacent to an activating group) is 1. The van der Waals surface area contributed by atoms with Crippen LogP contribution in [0.5, 0.6) is 0 Å². The van der Waals surface area contributed by atoms with Crippen molar-refractivity contribution in [2.75, 3.05) is 31.6 Å². The molecule has 0 saturated carbocycles. The maximum Gasteiger partial charge on any atom is 0.0728 e. The number of likely N-dealkylation sites (tertiary alicyclic amines) is 1. The molecular weight excluding hydrogens is 312 g/mol. The van der Waals surface area contributed by atoms with E-state index in [4.69, 9.17) is 4.74 Å². The van der Waals surface area contributed by atoms with E-state index in [9.17, 15) is 0 Å². The van der Waals surface area contributed by atoms with E-state index in [1.165, 1.54) is 11.3 Å². The van der Waals surface area contributed by atoms with Crippen LogP contribution in [0, 0.1) is 0 Å². The van der Waals surface area contributed by atoms with Gasteiger partial charge in [-0.3, -0.25) is 9.58 Å². The SMILES string of the molecule is CN(c1ccccc1)C1COC2(CCN(Cc3cnn(C)c3)CC2)C1. The Morgan fingerprint density at radius 1 is 1.24 bits per heavy atom. The number of benzene rings is 1. The summed E-state index contributed by atoms with van der Waals surface area (Å²) in [6.07, 6.45) is 7.49. The average molecular weight is 340 g/mol. The highest BCUT2D eigenvalue weighted by atomic mass is 16.5. The van der Waals surface area contributed by atoms with Gasteiger partial charge in [0.05, 0.1) is 24.4 Å². The molecule has 0 bridgehead atoms. The van der Waals surface area contributed by atoms with Crippen molar-refractivity contribution in [3.05, 3.63) is 48.3 Å². The Balaban J connectivity index is 1.33. The Bertz CT molecular complexity index is 691. The summed E-state index contributed by atoms with van der Waals surface area (Å²) in [7, 11) is 4.17. The third-order valence-corrected chi connectivity index (χ3v) is 5.83. The van der Waals surface area contributed by atoms with Crippen LogP contribution in [0.15, 0.2) is 42.7 Å². The van der Waals surface area contributed by atoms with Crippen LogP contribution in [-0.2, 0) is 18.3 Å². The lowest BCUT2D eigenvalue weighted by molar-refractivity contribution is -0.0448. The van der Waals surface area contributed by atoms with E-state index >= 15 is 0 Å². The van der Waals surface area contributed by atoms with Gasteiger partial charge in [0.15, 0.2) is 0 Å². The van der Waals surface area contributed by atoms with Gasteiger partial charge in [-0.25, -0.2) is 0 Å². The van der Waals surface area contributed by atoms with Gasteiger partial charge in [0.2, 0.25) is 0 Å². The third kappa shape index (κ3) is 3.58. The molecule has 2 saturated heterocycles. The number of nitrogens with zero attached hydrogens (tertiary/aromatic N) is 4. The molecule has 1 aromatic heterocycles. The number of aromatic nitrogens is 2. The number of piperidine rings is 1. The molecule has 5 heteroatoms. The molecule has 4 rings (SSSR count). The van der Waals surface area contributed by atoms with Crippen LogP contribution in [0.4, 0.5) is 5.69 Å². The van der Waals surface area contributed by atoms with Crippen LogP contribution in [0.1, 0.15) is 24.8 Å². The molecular formula is C20H28N4O. The quantitative estimate of drug-likeness (QED) is 0.857. The zero-order valence-electron chi connectivity index (χ0n) is 15.3. The van der Waals surface area contributed by atoms with Crippen LogP contribution in [0.25, 0.3) is 0 Å². The van der Waals surface area contributed by atoms with E-state index in [0.717, 1.165) is 45.5 Å². The second-order valence-electron chi connectivity index (χ2n) is 7.60. The molecule has 2 fully saturated rings. The van der Waals surface area contributed by atoms with Crippen LogP contribution in [0.2, 0.25) is 0 Å². The zero-order valence-corrected chi connectivity index (χ0v) is 15.3. The van der Waals surface area contributed by atoms with Crippen molar-refractivity contribution in [2.45, 2.75) is 37.5 Å². The minimum Gasteiger partial charge on any atom is -0.373 e. The summed E-state index contributed by atoms with van der Waals surface area (Å²) >= 11 is 0. The molecule has 0 amide bonds. The summed E-state index contributed by atoms with van der Waals surface area (Å²) in [6.45, 7) is 4.05. The second kappa shape index (κ2) is 6.81. The zero-order chi connectivity index (χ0) is 17.3. The van der Waals surface area contributed by atoms with Crippen molar-refractivity contribution in [1.82, 2.24) is 14.7 Å². The summed E-state index contributed by atoms with van der Waals surface area (Å²) in [6, 6.07) is 11.1. The summed E-state index contributed by atoms with van der Waals surface area (Å²) in [5.41, 5.74) is 2.66. The maximum atomic E-state index is 6.35. The number of hydrogen-bond acceptors (Lipinski definition) is 4. The van der Waals surface area contributed by atoms with Crippen molar-refractivity contribution < 1.29 is 4.74 Å². The van der Waals surface area contributed by atoms with Crippen LogP contribution in [-0.4, -0.2) is 53.1 Å². The van der Waals surface area contributed by atoms with Crippen molar-refractivity contribution in [3.63, 3.8) is 0 Å². The fourth-order valence-corrected chi connectivity index (χ4v) is 4.22. The molecule has 134 valence electrons. The molecule has 1 atom stereocenters. The van der Waals surface area contributed by atoms with Gasteiger partial charge < -0.3 is 9.64 Å². The Labute approximate surface area is 150 Å². The van der Waals surface area contributed by atoms with E-state index in [0.29, 0.717) is 6.04 Å². The molecule has 2 aliphatic heterocycles. The minimum absolute atomic E-state index is 0.0825. The molecule has 5 nitrogen and oxygen atoms in total. The number of ether oxygens (including phenoxy) is 1. The molecule has 1 aromatic carbocycles. The lowest BCUT2D eigenvalue weighted by Gasteiger charge is -2.39. The van der Waals surface area contributed by atoms with Crippen LogP contribution >= 0.6 is 0 Å². The summed E-state index contributed by atoms with van der Waals surface area (Å²) in [5.74, 6) is 0.